The molecule has 16 heavy (non-hydrogen) atoms. The molecule has 0 spiro atoms. The Morgan fingerprint density at radius 1 is 1.31 bits per heavy atom. The summed E-state index contributed by atoms with van der Waals surface area (Å²) in [7, 11) is 0. The van der Waals surface area contributed by atoms with Gasteiger partial charge in [-0.15, -0.1) is 6.10 Å². The van der Waals surface area contributed by atoms with Crippen LogP contribution in [0, 0.1) is 0 Å². The van der Waals surface area contributed by atoms with Crippen LogP contribution in [0.3, 0.4) is 0 Å². The summed E-state index contributed by atoms with van der Waals surface area (Å²) in [6, 6.07) is 5.72. The molecular formula is C12H15KO3. The molecule has 0 saturated heterocycles. The Bertz CT molecular complexity index is 341. The van der Waals surface area contributed by atoms with Crippen molar-refractivity contribution < 1.29 is 66.0 Å². The second kappa shape index (κ2) is 6.99. The molecular weight excluding hydrogens is 231 g/mol. The zero-order chi connectivity index (χ0) is 10.7. The first-order valence-electron chi connectivity index (χ1n) is 5.34. The molecule has 1 aromatic rings. The van der Waals surface area contributed by atoms with Crippen molar-refractivity contribution in [1.29, 1.82) is 0 Å². The van der Waals surface area contributed by atoms with Crippen LogP contribution in [0.2, 0.25) is 0 Å². The van der Waals surface area contributed by atoms with Crippen LogP contribution >= 0.6 is 0 Å². The average molecular weight is 246 g/mol. The summed E-state index contributed by atoms with van der Waals surface area (Å²) >= 11 is 0. The first-order chi connectivity index (χ1) is 7.29. The van der Waals surface area contributed by atoms with Gasteiger partial charge in [0.15, 0.2) is 11.5 Å². The summed E-state index contributed by atoms with van der Waals surface area (Å²) in [5.41, 5.74) is 1.03. The van der Waals surface area contributed by atoms with Crippen LogP contribution in [-0.4, -0.2) is 12.9 Å². The SMILES string of the molecule is CCCC([O-])Cc1ccc2c(c1)OCO2.[K+]. The van der Waals surface area contributed by atoms with E-state index in [9.17, 15) is 5.11 Å². The minimum absolute atomic E-state index is 0. The maximum Gasteiger partial charge on any atom is 1.00 e. The molecule has 1 atom stereocenters. The Hall–Kier alpha value is 0.416. The Morgan fingerprint density at radius 2 is 2.06 bits per heavy atom. The van der Waals surface area contributed by atoms with Crippen LogP contribution in [0.25, 0.3) is 0 Å². The normalized spacial score (nSPS) is 14.4. The van der Waals surface area contributed by atoms with Crippen molar-refractivity contribution in [3.63, 3.8) is 0 Å². The van der Waals surface area contributed by atoms with E-state index in [2.05, 4.69) is 0 Å². The summed E-state index contributed by atoms with van der Waals surface area (Å²) in [5, 5.41) is 11.5. The molecule has 0 aliphatic carbocycles. The van der Waals surface area contributed by atoms with Gasteiger partial charge in [-0.3, -0.25) is 0 Å². The van der Waals surface area contributed by atoms with Crippen LogP contribution in [0.4, 0.5) is 0 Å². The maximum absolute atomic E-state index is 11.5. The molecule has 82 valence electrons. The molecule has 0 amide bonds. The topological polar surface area (TPSA) is 41.5 Å². The fraction of sp³-hybridized carbons (Fsp3) is 0.500. The molecule has 1 heterocycles. The van der Waals surface area contributed by atoms with E-state index in [1.54, 1.807) is 0 Å². The number of rotatable bonds is 4. The molecule has 1 aromatic carbocycles. The van der Waals surface area contributed by atoms with E-state index in [1.165, 1.54) is 0 Å². The third kappa shape index (κ3) is 3.72. The minimum atomic E-state index is -0.504. The second-order valence-corrected chi connectivity index (χ2v) is 3.80. The van der Waals surface area contributed by atoms with E-state index >= 15 is 0 Å². The Balaban J connectivity index is 0.00000128. The fourth-order valence-corrected chi connectivity index (χ4v) is 1.75. The molecule has 0 bridgehead atoms. The van der Waals surface area contributed by atoms with E-state index in [0.29, 0.717) is 6.42 Å². The summed E-state index contributed by atoms with van der Waals surface area (Å²) in [6.45, 7) is 2.32. The smallest absolute Gasteiger partial charge is 0.852 e. The fourth-order valence-electron chi connectivity index (χ4n) is 1.75. The van der Waals surface area contributed by atoms with Gasteiger partial charge in [0.05, 0.1) is 0 Å². The molecule has 4 heteroatoms. The van der Waals surface area contributed by atoms with Gasteiger partial charge in [-0.05, 0) is 24.1 Å². The summed E-state index contributed by atoms with van der Waals surface area (Å²) in [5.74, 6) is 1.54. The van der Waals surface area contributed by atoms with Crippen molar-refractivity contribution in [2.45, 2.75) is 32.3 Å². The van der Waals surface area contributed by atoms with Crippen molar-refractivity contribution in [2.75, 3.05) is 6.79 Å². The van der Waals surface area contributed by atoms with Gasteiger partial charge in [0.25, 0.3) is 0 Å². The Morgan fingerprint density at radius 3 is 2.81 bits per heavy atom. The van der Waals surface area contributed by atoms with Crippen LogP contribution in [0.5, 0.6) is 11.5 Å². The largest absolute Gasteiger partial charge is 1.00 e. The predicted octanol–water partition coefficient (Wildman–Crippen LogP) is -1.51. The van der Waals surface area contributed by atoms with Crippen LogP contribution < -0.4 is 66.0 Å². The Kier molecular flexibility index (Phi) is 6.32. The van der Waals surface area contributed by atoms with E-state index in [1.807, 2.05) is 25.1 Å². The van der Waals surface area contributed by atoms with Crippen molar-refractivity contribution in [3.05, 3.63) is 23.8 Å². The number of fused-ring (bicyclic) bond motifs is 1. The van der Waals surface area contributed by atoms with Crippen molar-refractivity contribution >= 4 is 0 Å². The molecule has 1 aliphatic heterocycles. The van der Waals surface area contributed by atoms with E-state index < -0.39 is 6.10 Å². The number of hydrogen-bond donors (Lipinski definition) is 0. The number of hydrogen-bond acceptors (Lipinski definition) is 3. The van der Waals surface area contributed by atoms with Crippen molar-refractivity contribution in [3.8, 4) is 11.5 Å². The zero-order valence-corrected chi connectivity index (χ0v) is 13.0. The van der Waals surface area contributed by atoms with Crippen LogP contribution in [0.15, 0.2) is 18.2 Å². The molecule has 2 rings (SSSR count). The summed E-state index contributed by atoms with van der Waals surface area (Å²) < 4.78 is 10.5. The molecule has 0 N–H and O–H groups in total. The maximum atomic E-state index is 11.5. The first kappa shape index (κ1) is 14.5. The standard InChI is InChI=1S/C12H15O3.K/c1-2-3-10(13)6-9-4-5-11-12(7-9)15-8-14-11;/h4-5,7,10H,2-3,6,8H2,1H3;/q-1;+1. The van der Waals surface area contributed by atoms with Crippen LogP contribution in [-0.2, 0) is 6.42 Å². The predicted molar refractivity (Wildman–Crippen MR) is 55.0 cm³/mol. The molecule has 0 radical (unpaired) electrons. The number of ether oxygens (including phenoxy) is 2. The average Bonchev–Trinajstić information content (AvgIpc) is 2.65. The van der Waals surface area contributed by atoms with Gasteiger partial charge in [0.2, 0.25) is 6.79 Å². The monoisotopic (exact) mass is 246 g/mol. The van der Waals surface area contributed by atoms with Gasteiger partial charge in [0, 0.05) is 0 Å². The minimum Gasteiger partial charge on any atom is -0.852 e. The Labute approximate surface area is 139 Å². The molecule has 3 nitrogen and oxygen atoms in total. The van der Waals surface area contributed by atoms with Gasteiger partial charge >= 0.3 is 51.4 Å². The molecule has 0 fully saturated rings. The van der Waals surface area contributed by atoms with Crippen LogP contribution in [0.1, 0.15) is 25.3 Å². The van der Waals surface area contributed by atoms with E-state index in [-0.39, 0.29) is 58.2 Å². The van der Waals surface area contributed by atoms with E-state index in [4.69, 9.17) is 9.47 Å². The summed E-state index contributed by atoms with van der Waals surface area (Å²) in [6.07, 6.45) is 1.74. The summed E-state index contributed by atoms with van der Waals surface area (Å²) in [4.78, 5) is 0. The molecule has 1 unspecified atom stereocenters. The third-order valence-corrected chi connectivity index (χ3v) is 2.51. The van der Waals surface area contributed by atoms with Crippen molar-refractivity contribution in [2.24, 2.45) is 0 Å². The van der Waals surface area contributed by atoms with Crippen molar-refractivity contribution in [1.82, 2.24) is 0 Å². The van der Waals surface area contributed by atoms with Gasteiger partial charge in [-0.25, -0.2) is 0 Å². The quantitative estimate of drug-likeness (QED) is 0.607. The van der Waals surface area contributed by atoms with Gasteiger partial charge in [-0.2, -0.15) is 0 Å². The van der Waals surface area contributed by atoms with Gasteiger partial charge in [-0.1, -0.05) is 25.8 Å². The zero-order valence-electron chi connectivity index (χ0n) is 9.86. The first-order valence-corrected chi connectivity index (χ1v) is 5.34. The third-order valence-electron chi connectivity index (χ3n) is 2.51. The second-order valence-electron chi connectivity index (χ2n) is 3.80. The molecule has 0 saturated carbocycles. The molecule has 1 aliphatic rings. The molecule has 0 aromatic heterocycles. The number of benzene rings is 1. The van der Waals surface area contributed by atoms with E-state index in [0.717, 1.165) is 29.9 Å². The van der Waals surface area contributed by atoms with Gasteiger partial charge in [0.1, 0.15) is 0 Å². The van der Waals surface area contributed by atoms with Gasteiger partial charge < -0.3 is 14.6 Å².